The van der Waals surface area contributed by atoms with Gasteiger partial charge in [-0.05, 0) is 0 Å². The second-order valence-corrected chi connectivity index (χ2v) is 8.32. The number of halogens is 1. The second kappa shape index (κ2) is 11.8. The van der Waals surface area contributed by atoms with Gasteiger partial charge in [0.15, 0.2) is 0 Å². The van der Waals surface area contributed by atoms with E-state index in [9.17, 15) is 40.2 Å². The number of nitrogen functional groups attached to an aromatic ring is 2. The Morgan fingerprint density at radius 3 is 1.41 bits per heavy atom. The standard InChI is InChI=1S/C19H26N6O10.CH4.ClH/c20-10-1-3-22(16-14(30)12(28)8(5-26)34-16)18(32)24(10)7-25-11(21)2-4-23(19(25)33)17-15(31)13(29)9(6-27)35-17;;/h1-4,8-9,12-17,20-21,26-31H,5-7H2;1H4;1H/p+2/t8-,9-,12-,13-,14-,15-,16-,17-;;/m1../s1. The molecule has 2 saturated heterocycles. The number of aliphatic hydroxyl groups excluding tert-OH is 6. The van der Waals surface area contributed by atoms with Gasteiger partial charge >= 0.3 is 11.4 Å². The van der Waals surface area contributed by atoms with Crippen molar-refractivity contribution in [3.8, 4) is 0 Å². The summed E-state index contributed by atoms with van der Waals surface area (Å²) in [7, 11) is 0. The van der Waals surface area contributed by atoms with Crippen molar-refractivity contribution < 1.29 is 49.2 Å². The largest absolute Gasteiger partial charge is 0.505 e. The summed E-state index contributed by atoms with van der Waals surface area (Å²) in [5.74, 6) is -0.153. The molecule has 10 N–H and O–H groups in total. The first-order chi connectivity index (χ1) is 16.6. The number of anilines is 2. The Morgan fingerprint density at radius 2 is 1.11 bits per heavy atom. The first-order valence-electron chi connectivity index (χ1n) is 10.7. The van der Waals surface area contributed by atoms with Crippen molar-refractivity contribution in [2.75, 3.05) is 24.7 Å². The van der Waals surface area contributed by atoms with Gasteiger partial charge in [0.2, 0.25) is 30.8 Å². The molecule has 37 heavy (non-hydrogen) atoms. The van der Waals surface area contributed by atoms with Gasteiger partial charge < -0.3 is 51.6 Å². The highest BCUT2D eigenvalue weighted by Gasteiger charge is 2.48. The highest BCUT2D eigenvalue weighted by molar-refractivity contribution is 5.85. The van der Waals surface area contributed by atoms with Crippen LogP contribution < -0.4 is 32.0 Å². The molecule has 0 bridgehead atoms. The fraction of sp³-hybridized carbons (Fsp3) is 0.600. The van der Waals surface area contributed by atoms with E-state index in [2.05, 4.69) is 0 Å². The molecule has 208 valence electrons. The van der Waals surface area contributed by atoms with E-state index in [1.165, 1.54) is 24.5 Å². The summed E-state index contributed by atoms with van der Waals surface area (Å²) in [5.41, 5.74) is 10.3. The zero-order chi connectivity index (χ0) is 25.6. The van der Waals surface area contributed by atoms with E-state index in [1.54, 1.807) is 0 Å². The molecule has 2 aliphatic rings. The SMILES string of the molecule is C.Cl.Nc1cc[n+]([C@@H]2O[C@H](CO)[C@@H](O)[C@H]2O)c(=O)n1Cn1c(N)cc[n+]([C@@H]2O[C@H](CO)[C@@H](O)[C@H]2O)c1=O. The molecule has 2 aromatic heterocycles. The lowest BCUT2D eigenvalue weighted by atomic mass is 10.1. The third-order valence-electron chi connectivity index (χ3n) is 6.20. The Balaban J connectivity index is 0.00000241. The highest BCUT2D eigenvalue weighted by Crippen LogP contribution is 2.25. The first kappa shape index (κ1) is 30.6. The van der Waals surface area contributed by atoms with Gasteiger partial charge in [-0.15, -0.1) is 21.5 Å². The van der Waals surface area contributed by atoms with Gasteiger partial charge in [0.1, 0.15) is 49.0 Å². The normalized spacial score (nSPS) is 31.1. The predicted molar refractivity (Wildman–Crippen MR) is 126 cm³/mol. The van der Waals surface area contributed by atoms with Crippen LogP contribution in [0.25, 0.3) is 0 Å². The smallest absolute Gasteiger partial charge is 0.394 e. The van der Waals surface area contributed by atoms with Gasteiger partial charge in [-0.25, -0.2) is 0 Å². The van der Waals surface area contributed by atoms with Gasteiger partial charge in [0.25, 0.3) is 0 Å². The number of aliphatic hydroxyl groups is 6. The number of hydrogen-bond donors (Lipinski definition) is 8. The molecule has 0 spiro atoms. The summed E-state index contributed by atoms with van der Waals surface area (Å²) < 4.78 is 14.6. The Hall–Kier alpha value is -2.67. The Bertz CT molecular complexity index is 1120. The third-order valence-corrected chi connectivity index (χ3v) is 6.20. The van der Waals surface area contributed by atoms with Crippen molar-refractivity contribution in [1.82, 2.24) is 9.13 Å². The van der Waals surface area contributed by atoms with Crippen LogP contribution >= 0.6 is 12.4 Å². The zero-order valence-corrected chi connectivity index (χ0v) is 19.5. The lowest BCUT2D eigenvalue weighted by Crippen LogP contribution is -2.62. The van der Waals surface area contributed by atoms with Crippen molar-refractivity contribution in [2.45, 2.75) is 63.2 Å². The summed E-state index contributed by atoms with van der Waals surface area (Å²) in [5, 5.41) is 59.2. The van der Waals surface area contributed by atoms with Gasteiger partial charge in [-0.2, -0.15) is 18.7 Å². The molecule has 0 aromatic carbocycles. The van der Waals surface area contributed by atoms with Crippen molar-refractivity contribution in [2.24, 2.45) is 0 Å². The molecular formula is C20H33ClN6O10+2. The molecule has 4 heterocycles. The quantitative estimate of drug-likeness (QED) is 0.156. The summed E-state index contributed by atoms with van der Waals surface area (Å²) in [4.78, 5) is 26.4. The van der Waals surface area contributed by atoms with Crippen molar-refractivity contribution in [3.63, 3.8) is 0 Å². The maximum Gasteiger partial charge on any atom is 0.505 e. The molecule has 4 rings (SSSR count). The van der Waals surface area contributed by atoms with Gasteiger partial charge in [-0.1, -0.05) is 7.43 Å². The van der Waals surface area contributed by atoms with Gasteiger partial charge in [-0.3, -0.25) is 0 Å². The van der Waals surface area contributed by atoms with E-state index in [0.717, 1.165) is 18.3 Å². The molecular weight excluding hydrogens is 520 g/mol. The molecule has 0 aliphatic carbocycles. The third kappa shape index (κ3) is 5.20. The van der Waals surface area contributed by atoms with Crippen LogP contribution in [0.4, 0.5) is 11.6 Å². The Labute approximate surface area is 216 Å². The summed E-state index contributed by atoms with van der Waals surface area (Å²) in [6.45, 7) is -1.68. The number of nitrogens with two attached hydrogens (primary N) is 2. The zero-order valence-electron chi connectivity index (χ0n) is 18.7. The van der Waals surface area contributed by atoms with E-state index in [4.69, 9.17) is 20.9 Å². The molecule has 17 heteroatoms. The van der Waals surface area contributed by atoms with Crippen LogP contribution in [0.15, 0.2) is 34.1 Å². The topological polar surface area (TPSA) is 244 Å². The maximum atomic E-state index is 13.2. The summed E-state index contributed by atoms with van der Waals surface area (Å²) >= 11 is 0. The molecule has 8 atom stereocenters. The highest BCUT2D eigenvalue weighted by atomic mass is 35.5. The minimum atomic E-state index is -1.53. The molecule has 0 amide bonds. The van der Waals surface area contributed by atoms with E-state index in [-0.39, 0.29) is 31.5 Å². The Morgan fingerprint density at radius 1 is 0.757 bits per heavy atom. The van der Waals surface area contributed by atoms with Crippen LogP contribution in [-0.2, 0) is 16.1 Å². The van der Waals surface area contributed by atoms with E-state index >= 15 is 0 Å². The van der Waals surface area contributed by atoms with E-state index in [0.29, 0.717) is 0 Å². The average Bonchev–Trinajstić information content (AvgIpc) is 3.28. The van der Waals surface area contributed by atoms with Gasteiger partial charge in [0.05, 0.1) is 13.2 Å². The Kier molecular flexibility index (Phi) is 9.75. The molecule has 2 aliphatic heterocycles. The van der Waals surface area contributed by atoms with Crippen molar-refractivity contribution in [3.05, 3.63) is 45.5 Å². The maximum absolute atomic E-state index is 13.2. The summed E-state index contributed by atoms with van der Waals surface area (Å²) in [6.07, 6.45) is -8.39. The van der Waals surface area contributed by atoms with Crippen LogP contribution in [0.5, 0.6) is 0 Å². The van der Waals surface area contributed by atoms with Crippen LogP contribution in [0.2, 0.25) is 0 Å². The fourth-order valence-corrected chi connectivity index (χ4v) is 4.15. The van der Waals surface area contributed by atoms with Crippen molar-refractivity contribution >= 4 is 24.0 Å². The molecule has 2 fully saturated rings. The number of ether oxygens (including phenoxy) is 2. The van der Waals surface area contributed by atoms with Crippen LogP contribution in [0, 0.1) is 0 Å². The van der Waals surface area contributed by atoms with Gasteiger partial charge in [0, 0.05) is 12.1 Å². The minimum absolute atomic E-state index is 0. The number of aromatic nitrogens is 4. The molecule has 0 radical (unpaired) electrons. The van der Waals surface area contributed by atoms with E-state index in [1.807, 2.05) is 0 Å². The van der Waals surface area contributed by atoms with Crippen LogP contribution in [-0.4, -0.2) is 89.6 Å². The molecule has 2 aromatic rings. The number of nitrogens with zero attached hydrogens (tertiary/aromatic N) is 4. The fourth-order valence-electron chi connectivity index (χ4n) is 4.15. The average molecular weight is 553 g/mol. The second-order valence-electron chi connectivity index (χ2n) is 8.32. The van der Waals surface area contributed by atoms with E-state index < -0.39 is 80.3 Å². The molecule has 0 saturated carbocycles. The lowest BCUT2D eigenvalue weighted by Gasteiger charge is -2.14. The first-order valence-corrected chi connectivity index (χ1v) is 10.7. The lowest BCUT2D eigenvalue weighted by molar-refractivity contribution is -0.782. The minimum Gasteiger partial charge on any atom is -0.394 e. The van der Waals surface area contributed by atoms with Crippen molar-refractivity contribution in [1.29, 1.82) is 0 Å². The monoisotopic (exact) mass is 552 g/mol. The van der Waals surface area contributed by atoms with Crippen LogP contribution in [0.1, 0.15) is 19.9 Å². The molecule has 16 nitrogen and oxygen atoms in total. The summed E-state index contributed by atoms with van der Waals surface area (Å²) in [6, 6.07) is 2.61. The predicted octanol–water partition coefficient (Wildman–Crippen LogP) is -5.46. The number of rotatable bonds is 6. The van der Waals surface area contributed by atoms with Crippen LogP contribution in [0.3, 0.4) is 0 Å². The molecule has 0 unspecified atom stereocenters. The number of hydrogen-bond acceptors (Lipinski definition) is 12.